The van der Waals surface area contributed by atoms with Crippen LogP contribution >= 0.6 is 0 Å². The molecule has 8 heteroatoms. The Morgan fingerprint density at radius 3 is 2.26 bits per heavy atom. The highest BCUT2D eigenvalue weighted by atomic mass is 16.9. The molecule has 31 heavy (non-hydrogen) atoms. The zero-order valence-corrected chi connectivity index (χ0v) is 19.0. The number of hydrogen-bond donors (Lipinski definition) is 1. The molecule has 0 bridgehead atoms. The molecule has 0 radical (unpaired) electrons. The zero-order chi connectivity index (χ0) is 22.4. The van der Waals surface area contributed by atoms with E-state index in [9.17, 15) is 4.79 Å². The van der Waals surface area contributed by atoms with Crippen LogP contribution in [0.5, 0.6) is 5.75 Å². The van der Waals surface area contributed by atoms with Crippen molar-refractivity contribution < 1.29 is 33.2 Å². The third-order valence-electron chi connectivity index (χ3n) is 5.50. The van der Waals surface area contributed by atoms with Gasteiger partial charge in [0.15, 0.2) is 24.0 Å². The molecule has 8 nitrogen and oxygen atoms in total. The molecule has 1 amide bonds. The van der Waals surface area contributed by atoms with Gasteiger partial charge in [-0.1, -0.05) is 13.8 Å². The minimum Gasteiger partial charge on any atom is -0.494 e. The van der Waals surface area contributed by atoms with Gasteiger partial charge in [-0.2, -0.15) is 0 Å². The van der Waals surface area contributed by atoms with E-state index in [1.165, 1.54) is 0 Å². The highest BCUT2D eigenvalue weighted by Gasteiger charge is 2.62. The molecule has 172 valence electrons. The van der Waals surface area contributed by atoms with E-state index in [1.807, 2.05) is 39.8 Å². The van der Waals surface area contributed by atoms with Gasteiger partial charge in [-0.05, 0) is 64.3 Å². The number of nitrogens with one attached hydrogen (secondary N) is 1. The molecular weight excluding hydrogens is 402 g/mol. The van der Waals surface area contributed by atoms with Crippen LogP contribution in [-0.2, 0) is 28.5 Å². The van der Waals surface area contributed by atoms with E-state index in [4.69, 9.17) is 28.4 Å². The summed E-state index contributed by atoms with van der Waals surface area (Å²) in [6.45, 7) is 12.2. The first-order valence-electron chi connectivity index (χ1n) is 10.9. The molecule has 3 saturated heterocycles. The first-order chi connectivity index (χ1) is 14.5. The molecule has 3 heterocycles. The van der Waals surface area contributed by atoms with Gasteiger partial charge in [-0.3, -0.25) is 4.79 Å². The van der Waals surface area contributed by atoms with Crippen LogP contribution in [-0.4, -0.2) is 54.8 Å². The lowest BCUT2D eigenvalue weighted by Crippen LogP contribution is -2.58. The molecular formula is C23H33NO7. The fraction of sp³-hybridized carbons (Fsp3) is 0.696. The molecule has 5 atom stereocenters. The molecule has 1 aromatic rings. The maximum Gasteiger partial charge on any atom is 0.256 e. The van der Waals surface area contributed by atoms with Crippen LogP contribution in [0, 0.1) is 5.92 Å². The number of hydrogen-bond acceptors (Lipinski definition) is 7. The van der Waals surface area contributed by atoms with Crippen molar-refractivity contribution in [1.82, 2.24) is 0 Å². The lowest BCUT2D eigenvalue weighted by molar-refractivity contribution is -0.229. The lowest BCUT2D eigenvalue weighted by atomic mass is 9.98. The molecule has 3 aliphatic rings. The summed E-state index contributed by atoms with van der Waals surface area (Å²) in [5.41, 5.74) is 0.644. The molecule has 4 rings (SSSR count). The maximum absolute atomic E-state index is 13.1. The van der Waals surface area contributed by atoms with Crippen molar-refractivity contribution in [3.63, 3.8) is 0 Å². The monoisotopic (exact) mass is 435 g/mol. The Balaban J connectivity index is 1.43. The van der Waals surface area contributed by atoms with E-state index in [0.29, 0.717) is 18.2 Å². The van der Waals surface area contributed by atoms with Crippen molar-refractivity contribution in [3.8, 4) is 5.75 Å². The first-order valence-corrected chi connectivity index (χ1v) is 10.9. The molecule has 1 aromatic carbocycles. The summed E-state index contributed by atoms with van der Waals surface area (Å²) in [7, 11) is 0. The summed E-state index contributed by atoms with van der Waals surface area (Å²) in [5.74, 6) is -0.645. The molecule has 0 aromatic heterocycles. The Kier molecular flexibility index (Phi) is 6.04. The van der Waals surface area contributed by atoms with Crippen LogP contribution in [0.1, 0.15) is 48.0 Å². The third kappa shape index (κ3) is 5.04. The van der Waals surface area contributed by atoms with E-state index in [2.05, 4.69) is 19.2 Å². The van der Waals surface area contributed by atoms with Crippen LogP contribution in [0.15, 0.2) is 24.3 Å². The first kappa shape index (κ1) is 22.5. The Morgan fingerprint density at radius 1 is 0.968 bits per heavy atom. The van der Waals surface area contributed by atoms with Crippen molar-refractivity contribution in [2.75, 3.05) is 11.9 Å². The van der Waals surface area contributed by atoms with Crippen molar-refractivity contribution in [1.29, 1.82) is 0 Å². The van der Waals surface area contributed by atoms with Gasteiger partial charge in [-0.15, -0.1) is 0 Å². The summed E-state index contributed by atoms with van der Waals surface area (Å²) in [5, 5.41) is 2.90. The summed E-state index contributed by atoms with van der Waals surface area (Å²) >= 11 is 0. The number of anilines is 1. The van der Waals surface area contributed by atoms with E-state index in [0.717, 1.165) is 12.2 Å². The van der Waals surface area contributed by atoms with Crippen molar-refractivity contribution >= 4 is 11.6 Å². The van der Waals surface area contributed by atoms with Crippen LogP contribution in [0.4, 0.5) is 5.69 Å². The predicted octanol–water partition coefficient (Wildman–Crippen LogP) is 3.45. The number of benzene rings is 1. The molecule has 0 aliphatic carbocycles. The quantitative estimate of drug-likeness (QED) is 0.733. The highest BCUT2D eigenvalue weighted by Crippen LogP contribution is 2.44. The Hall–Kier alpha value is -1.71. The number of amides is 1. The van der Waals surface area contributed by atoms with Crippen molar-refractivity contribution in [2.24, 2.45) is 5.92 Å². The number of fused-ring (bicyclic) bond motifs is 3. The minimum absolute atomic E-state index is 0.323. The summed E-state index contributed by atoms with van der Waals surface area (Å²) in [6.07, 6.45) is -2.15. The van der Waals surface area contributed by atoms with E-state index < -0.39 is 42.3 Å². The van der Waals surface area contributed by atoms with E-state index >= 15 is 0 Å². The standard InChI is InChI=1S/C23H33NO7/c1-13(2)11-12-26-15-9-7-14(8-10-15)24-20(25)18-16-17(29-22(3,4)28-16)19-21(27-18)31-23(5,6)30-19/h7-10,13,16-19,21H,11-12H2,1-6H3,(H,24,25)/t16-,17+,18+,19-,21+/m1/s1. The molecule has 0 saturated carbocycles. The Bertz CT molecular complexity index is 792. The minimum atomic E-state index is -0.896. The van der Waals surface area contributed by atoms with E-state index in [1.54, 1.807) is 12.1 Å². The lowest BCUT2D eigenvalue weighted by Gasteiger charge is -2.36. The van der Waals surface area contributed by atoms with Crippen LogP contribution in [0.25, 0.3) is 0 Å². The maximum atomic E-state index is 13.1. The number of carbonyl (C=O) groups is 1. The van der Waals surface area contributed by atoms with Crippen molar-refractivity contribution in [3.05, 3.63) is 24.3 Å². The normalized spacial score (nSPS) is 33.1. The number of carbonyl (C=O) groups excluding carboxylic acids is 1. The van der Waals surface area contributed by atoms with Gasteiger partial charge in [0, 0.05) is 5.69 Å². The van der Waals surface area contributed by atoms with Gasteiger partial charge in [0.25, 0.3) is 5.91 Å². The van der Waals surface area contributed by atoms with Gasteiger partial charge in [0.05, 0.1) is 6.61 Å². The molecule has 1 N–H and O–H groups in total. The second kappa shape index (κ2) is 8.33. The molecule has 0 unspecified atom stereocenters. The smallest absolute Gasteiger partial charge is 0.256 e. The molecule has 0 spiro atoms. The summed E-state index contributed by atoms with van der Waals surface area (Å²) in [4.78, 5) is 13.1. The largest absolute Gasteiger partial charge is 0.494 e. The van der Waals surface area contributed by atoms with E-state index in [-0.39, 0.29) is 5.91 Å². The Morgan fingerprint density at radius 2 is 1.58 bits per heavy atom. The SMILES string of the molecule is CC(C)CCOc1ccc(NC(=O)[C@H]2O[C@H]3OC(C)(C)O[C@@H]3[C@H]3OC(C)(C)O[C@H]32)cc1. The summed E-state index contributed by atoms with van der Waals surface area (Å²) < 4.78 is 35.6. The third-order valence-corrected chi connectivity index (χ3v) is 5.50. The van der Waals surface area contributed by atoms with Crippen LogP contribution in [0.2, 0.25) is 0 Å². The molecule has 3 aliphatic heterocycles. The van der Waals surface area contributed by atoms with Gasteiger partial charge >= 0.3 is 0 Å². The van der Waals surface area contributed by atoms with Gasteiger partial charge in [0.1, 0.15) is 24.1 Å². The van der Waals surface area contributed by atoms with Gasteiger partial charge in [-0.25, -0.2) is 0 Å². The fourth-order valence-electron chi connectivity index (χ4n) is 4.08. The average Bonchev–Trinajstić information content (AvgIpc) is 3.16. The Labute approximate surface area is 183 Å². The predicted molar refractivity (Wildman–Crippen MR) is 113 cm³/mol. The summed E-state index contributed by atoms with van der Waals surface area (Å²) in [6, 6.07) is 7.29. The number of rotatable bonds is 6. The number of ether oxygens (including phenoxy) is 6. The fourth-order valence-corrected chi connectivity index (χ4v) is 4.08. The second-order valence-electron chi connectivity index (χ2n) is 9.63. The van der Waals surface area contributed by atoms with Gasteiger partial charge in [0.2, 0.25) is 0 Å². The topological polar surface area (TPSA) is 84.5 Å². The average molecular weight is 436 g/mol. The highest BCUT2D eigenvalue weighted by molar-refractivity contribution is 5.94. The second-order valence-corrected chi connectivity index (χ2v) is 9.63. The molecule has 3 fully saturated rings. The zero-order valence-electron chi connectivity index (χ0n) is 19.0. The van der Waals surface area contributed by atoms with Crippen LogP contribution in [0.3, 0.4) is 0 Å². The van der Waals surface area contributed by atoms with Crippen molar-refractivity contribution in [2.45, 2.75) is 90.2 Å². The van der Waals surface area contributed by atoms with Gasteiger partial charge < -0.3 is 33.7 Å². The van der Waals surface area contributed by atoms with Crippen LogP contribution < -0.4 is 10.1 Å².